The van der Waals surface area contributed by atoms with Crippen molar-refractivity contribution in [3.63, 3.8) is 0 Å². The fraction of sp³-hybridized carbons (Fsp3) is 0.386. The zero-order valence-electron chi connectivity index (χ0n) is 33.6. The number of hydrogen-bond acceptors (Lipinski definition) is 11. The van der Waals surface area contributed by atoms with Crippen LogP contribution in [0, 0.1) is 5.82 Å². The molecule has 5 aliphatic heterocycles. The van der Waals surface area contributed by atoms with Crippen molar-refractivity contribution in [2.45, 2.75) is 63.8 Å². The number of nitrogens with one attached hydrogen (secondary N) is 2. The van der Waals surface area contributed by atoms with E-state index < -0.39 is 29.7 Å². The first-order chi connectivity index (χ1) is 29.8. The predicted molar refractivity (Wildman–Crippen MR) is 228 cm³/mol. The number of piperidine rings is 1. The largest absolute Gasteiger partial charge is 0.369 e. The number of imide groups is 1. The second kappa shape index (κ2) is 16.4. The van der Waals surface area contributed by atoms with Gasteiger partial charge in [-0.15, -0.1) is 11.3 Å². The average Bonchev–Trinajstić information content (AvgIpc) is 4.10. The Labute approximate surface area is 356 Å². The van der Waals surface area contributed by atoms with Gasteiger partial charge in [0, 0.05) is 105 Å². The summed E-state index contributed by atoms with van der Waals surface area (Å²) in [5.41, 5.74) is 6.18. The Kier molecular flexibility index (Phi) is 10.5. The molecule has 5 aliphatic rings. The van der Waals surface area contributed by atoms with Gasteiger partial charge in [0.25, 0.3) is 11.8 Å². The maximum absolute atomic E-state index is 15.9. The summed E-state index contributed by atoms with van der Waals surface area (Å²) in [6.07, 6.45) is 9.20. The summed E-state index contributed by atoms with van der Waals surface area (Å²) in [5, 5.41) is 7.40. The van der Waals surface area contributed by atoms with E-state index in [1.807, 2.05) is 28.8 Å². The topological polar surface area (TPSA) is 152 Å². The van der Waals surface area contributed by atoms with Gasteiger partial charge in [-0.25, -0.2) is 19.2 Å². The highest BCUT2D eigenvalue weighted by Gasteiger charge is 2.42. The van der Waals surface area contributed by atoms with E-state index >= 15 is 4.39 Å². The molecule has 314 valence electrons. The van der Waals surface area contributed by atoms with Crippen LogP contribution in [-0.4, -0.2) is 110 Å². The molecular weight excluding hydrogens is 798 g/mol. The van der Waals surface area contributed by atoms with E-state index in [4.69, 9.17) is 0 Å². The standard InChI is InChI=1S/C44H46FN11O4S/c45-36-23-29(22-34-35(36)26-56(42(34)59)40(41(58)50-43-46-12-21-61-43)39-37-2-1-13-54(37)27-48-39)28-3-6-31(7-4-28)52-17-19-53(20-18-52)32-9-14-51(15-10-32)25-30-5-8-33(24-47-30)55-16-11-38(57)49-44(55)60/h3-8,12,21-24,27,32,40H,1-2,9-11,13-20,25-26H2,(H,46,50,58)(H,49,57,60). The molecule has 0 radical (unpaired) electrons. The van der Waals surface area contributed by atoms with Gasteiger partial charge in [-0.05, 0) is 73.2 Å². The molecule has 2 N–H and O–H groups in total. The summed E-state index contributed by atoms with van der Waals surface area (Å²) < 4.78 is 18.0. The highest BCUT2D eigenvalue weighted by molar-refractivity contribution is 7.13. The first-order valence-corrected chi connectivity index (χ1v) is 21.9. The van der Waals surface area contributed by atoms with Crippen LogP contribution >= 0.6 is 11.3 Å². The van der Waals surface area contributed by atoms with Gasteiger partial charge in [0.15, 0.2) is 11.2 Å². The highest BCUT2D eigenvalue weighted by Crippen LogP contribution is 2.38. The van der Waals surface area contributed by atoms with E-state index in [1.54, 1.807) is 35.1 Å². The number of piperazine rings is 1. The Bertz CT molecular complexity index is 2460. The number of urea groups is 1. The van der Waals surface area contributed by atoms with Gasteiger partial charge in [0.05, 0.1) is 36.1 Å². The molecule has 5 aromatic rings. The van der Waals surface area contributed by atoms with E-state index in [9.17, 15) is 19.2 Å². The first-order valence-electron chi connectivity index (χ1n) is 21.0. The third kappa shape index (κ3) is 7.77. The third-order valence-corrected chi connectivity index (χ3v) is 13.5. The number of rotatable bonds is 10. The number of hydrogen-bond donors (Lipinski definition) is 2. The number of anilines is 3. The van der Waals surface area contributed by atoms with E-state index in [-0.39, 0.29) is 30.0 Å². The van der Waals surface area contributed by atoms with Crippen molar-refractivity contribution < 1.29 is 23.6 Å². The number of likely N-dealkylation sites (tertiary alicyclic amines) is 1. The van der Waals surface area contributed by atoms with Crippen LogP contribution in [-0.2, 0) is 35.6 Å². The SMILES string of the molecule is O=C1CCN(c2ccc(CN3CCC(N4CCN(c5ccc(-c6cc(F)c7c(c6)C(=O)N(C(C(=O)Nc6nccs6)c6ncn8c6CCC8)C7)cc5)CC4)CC3)nc2)C(=O)N1. The molecule has 15 nitrogen and oxygen atoms in total. The number of nitrogens with zero attached hydrogens (tertiary/aromatic N) is 9. The van der Waals surface area contributed by atoms with Crippen LogP contribution in [0.3, 0.4) is 0 Å². The molecule has 2 aromatic carbocycles. The number of carbonyl (C=O) groups is 4. The lowest BCUT2D eigenvalue weighted by atomic mass is 9.99. The van der Waals surface area contributed by atoms with E-state index in [1.165, 1.54) is 22.3 Å². The van der Waals surface area contributed by atoms with Crippen molar-refractivity contribution in [2.24, 2.45) is 0 Å². The molecule has 8 heterocycles. The summed E-state index contributed by atoms with van der Waals surface area (Å²) in [5.74, 6) is -1.54. The maximum atomic E-state index is 15.9. The summed E-state index contributed by atoms with van der Waals surface area (Å²) in [6, 6.07) is 14.3. The minimum absolute atomic E-state index is 0.0349. The molecular formula is C44H46FN11O4S. The van der Waals surface area contributed by atoms with Gasteiger partial charge in [-0.3, -0.25) is 44.7 Å². The molecule has 10 rings (SSSR count). The Balaban J connectivity index is 0.743. The third-order valence-electron chi connectivity index (χ3n) is 12.8. The van der Waals surface area contributed by atoms with Crippen LogP contribution in [0.25, 0.3) is 11.1 Å². The maximum Gasteiger partial charge on any atom is 0.328 e. The van der Waals surface area contributed by atoms with Crippen LogP contribution in [0.1, 0.15) is 64.7 Å². The number of fused-ring (bicyclic) bond motifs is 2. The molecule has 17 heteroatoms. The molecule has 0 spiro atoms. The highest BCUT2D eigenvalue weighted by atomic mass is 32.1. The van der Waals surface area contributed by atoms with E-state index in [2.05, 4.69) is 52.4 Å². The molecule has 61 heavy (non-hydrogen) atoms. The van der Waals surface area contributed by atoms with E-state index in [0.29, 0.717) is 34.7 Å². The number of halogens is 1. The first kappa shape index (κ1) is 39.1. The predicted octanol–water partition coefficient (Wildman–Crippen LogP) is 5.06. The summed E-state index contributed by atoms with van der Waals surface area (Å²) in [7, 11) is 0. The number of imidazole rings is 1. The molecule has 0 bridgehead atoms. The number of aryl methyl sites for hydroxylation is 1. The van der Waals surface area contributed by atoms with Crippen LogP contribution < -0.4 is 20.4 Å². The van der Waals surface area contributed by atoms with Crippen molar-refractivity contribution >= 4 is 51.6 Å². The molecule has 1 unspecified atom stereocenters. The minimum Gasteiger partial charge on any atom is -0.369 e. The average molecular weight is 844 g/mol. The van der Waals surface area contributed by atoms with Crippen LogP contribution in [0.4, 0.5) is 25.7 Å². The van der Waals surface area contributed by atoms with Gasteiger partial charge in [-0.1, -0.05) is 12.1 Å². The number of amides is 5. The van der Waals surface area contributed by atoms with Crippen LogP contribution in [0.2, 0.25) is 0 Å². The molecule has 0 aliphatic carbocycles. The van der Waals surface area contributed by atoms with Crippen LogP contribution in [0.15, 0.2) is 72.6 Å². The lowest BCUT2D eigenvalue weighted by Crippen LogP contribution is -2.53. The van der Waals surface area contributed by atoms with E-state index in [0.717, 1.165) is 101 Å². The molecule has 1 atom stereocenters. The molecule has 0 saturated carbocycles. The number of pyridine rings is 1. The Morgan fingerprint density at radius 3 is 2.43 bits per heavy atom. The molecule has 3 saturated heterocycles. The Morgan fingerprint density at radius 2 is 1.69 bits per heavy atom. The van der Waals surface area contributed by atoms with Gasteiger partial charge in [0.2, 0.25) is 5.91 Å². The second-order valence-electron chi connectivity index (χ2n) is 16.4. The minimum atomic E-state index is -1.03. The number of carbonyl (C=O) groups excluding carboxylic acids is 4. The number of thiazole rings is 1. The molecule has 3 fully saturated rings. The summed E-state index contributed by atoms with van der Waals surface area (Å²) in [6.45, 7) is 7.65. The quantitative estimate of drug-likeness (QED) is 0.195. The fourth-order valence-electron chi connectivity index (χ4n) is 9.53. The summed E-state index contributed by atoms with van der Waals surface area (Å²) in [4.78, 5) is 75.5. The van der Waals surface area contributed by atoms with Gasteiger partial charge in [-0.2, -0.15) is 0 Å². The molecule has 3 aromatic heterocycles. The normalized spacial score (nSPS) is 19.3. The van der Waals surface area contributed by atoms with Crippen LogP contribution in [0.5, 0.6) is 0 Å². The Morgan fingerprint density at radius 1 is 0.885 bits per heavy atom. The second-order valence-corrected chi connectivity index (χ2v) is 17.3. The summed E-state index contributed by atoms with van der Waals surface area (Å²) >= 11 is 1.29. The smallest absolute Gasteiger partial charge is 0.328 e. The lowest BCUT2D eigenvalue weighted by Gasteiger charge is -2.43. The van der Waals surface area contributed by atoms with Crippen molar-refractivity contribution in [2.75, 3.05) is 60.9 Å². The molecule has 5 amide bonds. The van der Waals surface area contributed by atoms with Gasteiger partial charge >= 0.3 is 6.03 Å². The zero-order chi connectivity index (χ0) is 41.6. The van der Waals surface area contributed by atoms with Crippen molar-refractivity contribution in [1.82, 2.24) is 39.5 Å². The number of benzene rings is 2. The fourth-order valence-corrected chi connectivity index (χ4v) is 10.1. The van der Waals surface area contributed by atoms with Crippen molar-refractivity contribution in [3.05, 3.63) is 107 Å². The Hall–Kier alpha value is -6.04. The monoisotopic (exact) mass is 843 g/mol. The van der Waals surface area contributed by atoms with Gasteiger partial charge in [0.1, 0.15) is 5.82 Å². The number of aromatic nitrogens is 4. The van der Waals surface area contributed by atoms with Crippen molar-refractivity contribution in [3.8, 4) is 11.1 Å². The lowest BCUT2D eigenvalue weighted by molar-refractivity contribution is -0.121. The van der Waals surface area contributed by atoms with Crippen molar-refractivity contribution in [1.29, 1.82) is 0 Å². The van der Waals surface area contributed by atoms with Gasteiger partial charge < -0.3 is 14.4 Å². The zero-order valence-corrected chi connectivity index (χ0v) is 34.5.